The summed E-state index contributed by atoms with van der Waals surface area (Å²) in [7, 11) is 0. The van der Waals surface area contributed by atoms with Crippen molar-refractivity contribution in [1.82, 2.24) is 20.2 Å². The summed E-state index contributed by atoms with van der Waals surface area (Å²) < 4.78 is 0. The van der Waals surface area contributed by atoms with Gasteiger partial charge in [0, 0.05) is 29.6 Å². The Kier molecular flexibility index (Phi) is 3.14. The average molecular weight is 217 g/mol. The van der Waals surface area contributed by atoms with E-state index in [4.69, 9.17) is 0 Å². The van der Waals surface area contributed by atoms with Crippen molar-refractivity contribution in [3.63, 3.8) is 0 Å². The van der Waals surface area contributed by atoms with Crippen LogP contribution in [0.15, 0.2) is 18.6 Å². The number of nitrogens with one attached hydrogen (secondary N) is 2. The monoisotopic (exact) mass is 217 g/mol. The number of rotatable bonds is 4. The Bertz CT molecular complexity index is 463. The first-order chi connectivity index (χ1) is 7.79. The molecule has 0 amide bonds. The lowest BCUT2D eigenvalue weighted by Gasteiger charge is -2.05. The van der Waals surface area contributed by atoms with Crippen LogP contribution in [-0.4, -0.2) is 20.2 Å². The molecule has 2 heterocycles. The Labute approximate surface area is 94.3 Å². The number of anilines is 1. The number of hydrogen-bond donors (Lipinski definition) is 2. The molecule has 0 aromatic carbocycles. The molecule has 2 N–H and O–H groups in total. The molecule has 0 saturated heterocycles. The van der Waals surface area contributed by atoms with E-state index in [9.17, 15) is 0 Å². The van der Waals surface area contributed by atoms with Gasteiger partial charge in [-0.1, -0.05) is 6.92 Å². The first kappa shape index (κ1) is 10.6. The minimum Gasteiger partial charge on any atom is -0.366 e. The highest BCUT2D eigenvalue weighted by molar-refractivity contribution is 5.36. The van der Waals surface area contributed by atoms with Crippen LogP contribution in [0.4, 0.5) is 5.82 Å². The Morgan fingerprint density at radius 3 is 2.94 bits per heavy atom. The van der Waals surface area contributed by atoms with Crippen molar-refractivity contribution in [2.45, 2.75) is 26.8 Å². The number of aryl methyl sites for hydroxylation is 2. The van der Waals surface area contributed by atoms with Gasteiger partial charge in [-0.3, -0.25) is 5.10 Å². The lowest BCUT2D eigenvalue weighted by molar-refractivity contribution is 0.984. The molecule has 2 rings (SSSR count). The Balaban J connectivity index is 2.02. The number of aromatic amines is 1. The first-order valence-corrected chi connectivity index (χ1v) is 5.33. The fourth-order valence-electron chi connectivity index (χ4n) is 1.43. The van der Waals surface area contributed by atoms with Crippen molar-refractivity contribution >= 4 is 5.82 Å². The lowest BCUT2D eigenvalue weighted by atomic mass is 10.2. The summed E-state index contributed by atoms with van der Waals surface area (Å²) in [5, 5.41) is 10.1. The van der Waals surface area contributed by atoms with E-state index in [0.29, 0.717) is 0 Å². The van der Waals surface area contributed by atoms with Crippen LogP contribution >= 0.6 is 0 Å². The molecule has 0 atom stereocenters. The summed E-state index contributed by atoms with van der Waals surface area (Å²) in [6.45, 7) is 4.80. The summed E-state index contributed by atoms with van der Waals surface area (Å²) in [6, 6.07) is 1.97. The van der Waals surface area contributed by atoms with Crippen molar-refractivity contribution in [2.24, 2.45) is 0 Å². The maximum Gasteiger partial charge on any atom is 0.129 e. The Morgan fingerprint density at radius 2 is 2.25 bits per heavy atom. The van der Waals surface area contributed by atoms with Gasteiger partial charge in [0.05, 0.1) is 6.20 Å². The maximum atomic E-state index is 4.16. The minimum absolute atomic E-state index is 0.725. The van der Waals surface area contributed by atoms with E-state index >= 15 is 0 Å². The SMILES string of the molecule is CCc1cc(NCc2cn[nH]c2C)ncn1. The van der Waals surface area contributed by atoms with Gasteiger partial charge in [-0.25, -0.2) is 9.97 Å². The highest BCUT2D eigenvalue weighted by atomic mass is 15.1. The molecule has 0 radical (unpaired) electrons. The normalized spacial score (nSPS) is 10.4. The number of aromatic nitrogens is 4. The fourth-order valence-corrected chi connectivity index (χ4v) is 1.43. The predicted octanol–water partition coefficient (Wildman–Crippen LogP) is 1.68. The van der Waals surface area contributed by atoms with Crippen LogP contribution in [0.25, 0.3) is 0 Å². The number of H-pyrrole nitrogens is 1. The van der Waals surface area contributed by atoms with Crippen LogP contribution < -0.4 is 5.32 Å². The summed E-state index contributed by atoms with van der Waals surface area (Å²) >= 11 is 0. The van der Waals surface area contributed by atoms with Crippen LogP contribution in [0.1, 0.15) is 23.9 Å². The fraction of sp³-hybridized carbons (Fsp3) is 0.364. The maximum absolute atomic E-state index is 4.16. The second-order valence-electron chi connectivity index (χ2n) is 3.62. The second-order valence-corrected chi connectivity index (χ2v) is 3.62. The molecule has 84 valence electrons. The number of hydrogen-bond acceptors (Lipinski definition) is 4. The van der Waals surface area contributed by atoms with Crippen molar-refractivity contribution in [2.75, 3.05) is 5.32 Å². The third kappa shape index (κ3) is 2.36. The highest BCUT2D eigenvalue weighted by Gasteiger charge is 2.01. The standard InChI is InChI=1S/C11H15N5/c1-3-10-4-11(14-7-13-10)12-5-9-6-15-16-8(9)2/h4,6-7H,3,5H2,1-2H3,(H,15,16)(H,12,13,14). The quantitative estimate of drug-likeness (QED) is 0.817. The van der Waals surface area contributed by atoms with Gasteiger partial charge in [0.25, 0.3) is 0 Å². The molecule has 5 heteroatoms. The third-order valence-electron chi connectivity index (χ3n) is 2.48. The zero-order valence-electron chi connectivity index (χ0n) is 9.49. The Hall–Kier alpha value is -1.91. The van der Waals surface area contributed by atoms with E-state index in [1.807, 2.05) is 19.2 Å². The minimum atomic E-state index is 0.725. The van der Waals surface area contributed by atoms with Gasteiger partial charge in [0.2, 0.25) is 0 Å². The van der Waals surface area contributed by atoms with Gasteiger partial charge < -0.3 is 5.32 Å². The molecule has 0 saturated carbocycles. The van der Waals surface area contributed by atoms with Crippen LogP contribution in [0.3, 0.4) is 0 Å². The van der Waals surface area contributed by atoms with Crippen LogP contribution in [0.2, 0.25) is 0 Å². The Morgan fingerprint density at radius 1 is 1.38 bits per heavy atom. The molecule has 0 aliphatic heterocycles. The van der Waals surface area contributed by atoms with Gasteiger partial charge in [-0.15, -0.1) is 0 Å². The van der Waals surface area contributed by atoms with E-state index in [1.165, 1.54) is 0 Å². The summed E-state index contributed by atoms with van der Waals surface area (Å²) in [4.78, 5) is 8.31. The molecular formula is C11H15N5. The molecule has 0 aliphatic rings. The van der Waals surface area contributed by atoms with Gasteiger partial charge in [-0.2, -0.15) is 5.10 Å². The molecule has 0 bridgehead atoms. The first-order valence-electron chi connectivity index (χ1n) is 5.33. The van der Waals surface area contributed by atoms with E-state index in [-0.39, 0.29) is 0 Å². The van der Waals surface area contributed by atoms with Crippen molar-refractivity contribution in [1.29, 1.82) is 0 Å². The summed E-state index contributed by atoms with van der Waals surface area (Å²) in [6.07, 6.45) is 4.33. The highest BCUT2D eigenvalue weighted by Crippen LogP contribution is 2.08. The zero-order chi connectivity index (χ0) is 11.4. The number of nitrogens with zero attached hydrogens (tertiary/aromatic N) is 3. The van der Waals surface area contributed by atoms with E-state index in [1.54, 1.807) is 6.33 Å². The molecule has 5 nitrogen and oxygen atoms in total. The van der Waals surface area contributed by atoms with Gasteiger partial charge in [0.1, 0.15) is 12.1 Å². The van der Waals surface area contributed by atoms with Crippen LogP contribution in [-0.2, 0) is 13.0 Å². The molecule has 2 aromatic heterocycles. The summed E-state index contributed by atoms with van der Waals surface area (Å²) in [5.41, 5.74) is 3.27. The molecule has 0 spiro atoms. The predicted molar refractivity (Wildman–Crippen MR) is 62.1 cm³/mol. The zero-order valence-corrected chi connectivity index (χ0v) is 9.49. The molecule has 0 aliphatic carbocycles. The van der Waals surface area contributed by atoms with E-state index in [0.717, 1.165) is 35.7 Å². The molecule has 0 unspecified atom stereocenters. The third-order valence-corrected chi connectivity index (χ3v) is 2.48. The van der Waals surface area contributed by atoms with Gasteiger partial charge >= 0.3 is 0 Å². The topological polar surface area (TPSA) is 66.5 Å². The van der Waals surface area contributed by atoms with E-state index in [2.05, 4.69) is 32.4 Å². The van der Waals surface area contributed by atoms with Gasteiger partial charge in [0.15, 0.2) is 0 Å². The largest absolute Gasteiger partial charge is 0.366 e. The van der Waals surface area contributed by atoms with Crippen molar-refractivity contribution in [3.05, 3.63) is 35.5 Å². The van der Waals surface area contributed by atoms with Gasteiger partial charge in [-0.05, 0) is 13.3 Å². The van der Waals surface area contributed by atoms with E-state index < -0.39 is 0 Å². The summed E-state index contributed by atoms with van der Waals surface area (Å²) in [5.74, 6) is 0.854. The molecule has 16 heavy (non-hydrogen) atoms. The van der Waals surface area contributed by atoms with Crippen molar-refractivity contribution < 1.29 is 0 Å². The smallest absolute Gasteiger partial charge is 0.129 e. The molecule has 2 aromatic rings. The van der Waals surface area contributed by atoms with Crippen molar-refractivity contribution in [3.8, 4) is 0 Å². The van der Waals surface area contributed by atoms with Crippen LogP contribution in [0, 0.1) is 6.92 Å². The molecule has 0 fully saturated rings. The lowest BCUT2D eigenvalue weighted by Crippen LogP contribution is -2.03. The second kappa shape index (κ2) is 4.74. The van der Waals surface area contributed by atoms with Crippen LogP contribution in [0.5, 0.6) is 0 Å². The average Bonchev–Trinajstić information content (AvgIpc) is 2.72. The molecular weight excluding hydrogens is 202 g/mol.